The molecule has 0 aromatic heterocycles. The summed E-state index contributed by atoms with van der Waals surface area (Å²) in [7, 11) is 0. The molecule has 0 saturated heterocycles. The second-order valence-corrected chi connectivity index (χ2v) is 4.05. The van der Waals surface area contributed by atoms with Crippen LogP contribution in [-0.4, -0.2) is 5.54 Å². The molecule has 0 bridgehead atoms. The Hall–Kier alpha value is -0.460. The Balaban J connectivity index is 3.81. The van der Waals surface area contributed by atoms with E-state index in [1.807, 2.05) is 0 Å². The predicted octanol–water partition coefficient (Wildman–Crippen LogP) is 2.54. The molecule has 0 aromatic rings. The Kier molecular flexibility index (Phi) is 2.95. The van der Waals surface area contributed by atoms with Crippen LogP contribution in [0.3, 0.4) is 0 Å². The minimum atomic E-state index is 0.154. The van der Waals surface area contributed by atoms with Gasteiger partial charge in [-0.25, -0.2) is 0 Å². The van der Waals surface area contributed by atoms with Crippen molar-refractivity contribution in [2.45, 2.75) is 40.2 Å². The molecule has 0 spiro atoms. The quantitative estimate of drug-likeness (QED) is 0.623. The Morgan fingerprint density at radius 1 is 1.30 bits per heavy atom. The van der Waals surface area contributed by atoms with Crippen LogP contribution in [0.5, 0.6) is 0 Å². The maximum atomic E-state index is 3.93. The summed E-state index contributed by atoms with van der Waals surface area (Å²) >= 11 is 0. The molecule has 1 nitrogen and oxygen atoms in total. The van der Waals surface area contributed by atoms with E-state index in [9.17, 15) is 0 Å². The number of hydrogen-bond acceptors (Lipinski definition) is 1. The maximum absolute atomic E-state index is 3.93. The van der Waals surface area contributed by atoms with Crippen LogP contribution >= 0.6 is 0 Å². The van der Waals surface area contributed by atoms with E-state index in [2.05, 4.69) is 46.5 Å². The molecule has 0 amide bonds. The molecule has 0 aliphatic carbocycles. The van der Waals surface area contributed by atoms with E-state index in [0.717, 1.165) is 5.70 Å². The molecule has 0 aliphatic rings. The van der Waals surface area contributed by atoms with Gasteiger partial charge in [0.15, 0.2) is 0 Å². The average molecular weight is 141 g/mol. The van der Waals surface area contributed by atoms with Crippen LogP contribution in [0.25, 0.3) is 0 Å². The number of hydrogen-bond donors (Lipinski definition) is 1. The summed E-state index contributed by atoms with van der Waals surface area (Å²) in [6, 6.07) is 0. The second kappa shape index (κ2) is 3.09. The normalized spacial score (nSPS) is 11.8. The van der Waals surface area contributed by atoms with Crippen molar-refractivity contribution in [1.82, 2.24) is 5.32 Å². The van der Waals surface area contributed by atoms with E-state index < -0.39 is 0 Å². The largest absolute Gasteiger partial charge is 0.384 e. The van der Waals surface area contributed by atoms with Gasteiger partial charge in [-0.05, 0) is 26.7 Å². The van der Waals surface area contributed by atoms with Crippen molar-refractivity contribution in [3.8, 4) is 0 Å². The summed E-state index contributed by atoms with van der Waals surface area (Å²) in [5.41, 5.74) is 1.27. The third kappa shape index (κ3) is 4.42. The lowest BCUT2D eigenvalue weighted by Gasteiger charge is -2.25. The molecule has 0 unspecified atom stereocenters. The first kappa shape index (κ1) is 9.54. The standard InChI is InChI=1S/C9H19N/c1-7(2)8(3)10-9(4,5)6/h7,10H,3H2,1-2,4-6H3. The van der Waals surface area contributed by atoms with Gasteiger partial charge < -0.3 is 5.32 Å². The third-order valence-electron chi connectivity index (χ3n) is 1.23. The van der Waals surface area contributed by atoms with Crippen molar-refractivity contribution in [1.29, 1.82) is 0 Å². The lowest BCUT2D eigenvalue weighted by atomic mass is 10.1. The lowest BCUT2D eigenvalue weighted by Crippen LogP contribution is -2.36. The molecule has 0 saturated carbocycles. The predicted molar refractivity (Wildman–Crippen MR) is 46.9 cm³/mol. The molecule has 0 rings (SSSR count). The van der Waals surface area contributed by atoms with Crippen LogP contribution in [0.4, 0.5) is 0 Å². The molecule has 0 fully saturated rings. The van der Waals surface area contributed by atoms with E-state index >= 15 is 0 Å². The minimum Gasteiger partial charge on any atom is -0.384 e. The van der Waals surface area contributed by atoms with Crippen LogP contribution in [0.15, 0.2) is 12.3 Å². The number of nitrogens with one attached hydrogen (secondary N) is 1. The van der Waals surface area contributed by atoms with Crippen molar-refractivity contribution < 1.29 is 0 Å². The second-order valence-electron chi connectivity index (χ2n) is 4.05. The average Bonchev–Trinajstić information content (AvgIpc) is 1.60. The SMILES string of the molecule is C=C(NC(C)(C)C)C(C)C. The first-order chi connectivity index (χ1) is 4.33. The van der Waals surface area contributed by atoms with Crippen molar-refractivity contribution in [3.63, 3.8) is 0 Å². The highest BCUT2D eigenvalue weighted by atomic mass is 15.0. The molecule has 0 aromatic carbocycles. The first-order valence-corrected chi connectivity index (χ1v) is 3.80. The van der Waals surface area contributed by atoms with Gasteiger partial charge in [-0.15, -0.1) is 0 Å². The van der Waals surface area contributed by atoms with Crippen LogP contribution < -0.4 is 5.32 Å². The molecular weight excluding hydrogens is 122 g/mol. The van der Waals surface area contributed by atoms with Gasteiger partial charge >= 0.3 is 0 Å². The monoisotopic (exact) mass is 141 g/mol. The minimum absolute atomic E-state index is 0.154. The summed E-state index contributed by atoms with van der Waals surface area (Å²) in [5.74, 6) is 0.527. The number of allylic oxidation sites excluding steroid dienone is 1. The first-order valence-electron chi connectivity index (χ1n) is 3.80. The van der Waals surface area contributed by atoms with E-state index in [-0.39, 0.29) is 5.54 Å². The highest BCUT2D eigenvalue weighted by Crippen LogP contribution is 2.08. The molecular formula is C9H19N. The van der Waals surface area contributed by atoms with Crippen LogP contribution in [0.2, 0.25) is 0 Å². The molecule has 1 heteroatoms. The topological polar surface area (TPSA) is 12.0 Å². The molecule has 10 heavy (non-hydrogen) atoms. The maximum Gasteiger partial charge on any atom is 0.0286 e. The van der Waals surface area contributed by atoms with Gasteiger partial charge in [0.2, 0.25) is 0 Å². The third-order valence-corrected chi connectivity index (χ3v) is 1.23. The Labute approximate surface area is 64.5 Å². The smallest absolute Gasteiger partial charge is 0.0286 e. The van der Waals surface area contributed by atoms with Gasteiger partial charge in [0.1, 0.15) is 0 Å². The van der Waals surface area contributed by atoms with Crippen molar-refractivity contribution in [3.05, 3.63) is 12.3 Å². The van der Waals surface area contributed by atoms with Crippen LogP contribution in [0.1, 0.15) is 34.6 Å². The fourth-order valence-corrected chi connectivity index (χ4v) is 0.626. The summed E-state index contributed by atoms with van der Waals surface area (Å²) in [5, 5.41) is 3.32. The lowest BCUT2D eigenvalue weighted by molar-refractivity contribution is 0.446. The molecule has 0 radical (unpaired) electrons. The highest BCUT2D eigenvalue weighted by molar-refractivity contribution is 4.98. The summed E-state index contributed by atoms with van der Waals surface area (Å²) in [6.45, 7) is 14.6. The summed E-state index contributed by atoms with van der Waals surface area (Å²) < 4.78 is 0. The van der Waals surface area contributed by atoms with Gasteiger partial charge in [-0.3, -0.25) is 0 Å². The van der Waals surface area contributed by atoms with E-state index in [1.165, 1.54) is 0 Å². The molecule has 1 N–H and O–H groups in total. The highest BCUT2D eigenvalue weighted by Gasteiger charge is 2.10. The summed E-state index contributed by atoms with van der Waals surface area (Å²) in [6.07, 6.45) is 0. The molecule has 60 valence electrons. The zero-order valence-corrected chi connectivity index (χ0v) is 7.78. The van der Waals surface area contributed by atoms with Crippen molar-refractivity contribution in [2.75, 3.05) is 0 Å². The van der Waals surface area contributed by atoms with E-state index in [4.69, 9.17) is 0 Å². The van der Waals surface area contributed by atoms with Crippen molar-refractivity contribution >= 4 is 0 Å². The van der Waals surface area contributed by atoms with Gasteiger partial charge in [-0.2, -0.15) is 0 Å². The van der Waals surface area contributed by atoms with E-state index in [1.54, 1.807) is 0 Å². The van der Waals surface area contributed by atoms with Gasteiger partial charge in [-0.1, -0.05) is 20.4 Å². The zero-order valence-electron chi connectivity index (χ0n) is 7.78. The fraction of sp³-hybridized carbons (Fsp3) is 0.778. The van der Waals surface area contributed by atoms with Gasteiger partial charge in [0.25, 0.3) is 0 Å². The van der Waals surface area contributed by atoms with E-state index in [0.29, 0.717) is 5.92 Å². The Morgan fingerprint density at radius 2 is 1.70 bits per heavy atom. The van der Waals surface area contributed by atoms with Crippen LogP contribution in [-0.2, 0) is 0 Å². The fourth-order valence-electron chi connectivity index (χ4n) is 0.626. The molecule has 0 atom stereocenters. The molecule has 0 heterocycles. The van der Waals surface area contributed by atoms with Gasteiger partial charge in [0, 0.05) is 11.2 Å². The number of rotatable bonds is 2. The van der Waals surface area contributed by atoms with Crippen molar-refractivity contribution in [2.24, 2.45) is 5.92 Å². The summed E-state index contributed by atoms with van der Waals surface area (Å²) in [4.78, 5) is 0. The van der Waals surface area contributed by atoms with Gasteiger partial charge in [0.05, 0.1) is 0 Å². The Bertz CT molecular complexity index is 117. The Morgan fingerprint density at radius 3 is 1.80 bits per heavy atom. The molecule has 0 aliphatic heterocycles. The zero-order chi connectivity index (χ0) is 8.36. The van der Waals surface area contributed by atoms with Crippen LogP contribution in [0, 0.1) is 5.92 Å².